The van der Waals surface area contributed by atoms with E-state index < -0.39 is 0 Å². The first-order valence-electron chi connectivity index (χ1n) is 7.19. The predicted molar refractivity (Wildman–Crippen MR) is 88.6 cm³/mol. The van der Waals surface area contributed by atoms with Crippen LogP contribution >= 0.6 is 22.9 Å². The molecule has 0 radical (unpaired) electrons. The number of nitrogens with zero attached hydrogens (tertiary/aromatic N) is 4. The molecule has 1 fully saturated rings. The van der Waals surface area contributed by atoms with Crippen LogP contribution in [-0.4, -0.2) is 39.9 Å². The molecule has 3 heterocycles. The standard InChI is InChI=1S/C15H14ClN5OS/c16-13-12(9-17)20-15(23-13)19-11-3-7-21(8-4-11)14(22)10-1-5-18-6-2-10/h1-2,5-6,11H,3-4,7-8H2,(H,19,20). The summed E-state index contributed by atoms with van der Waals surface area (Å²) < 4.78 is 0.403. The Kier molecular flexibility index (Phi) is 4.74. The molecular formula is C15H14ClN5OS. The highest BCUT2D eigenvalue weighted by molar-refractivity contribution is 7.19. The van der Waals surface area contributed by atoms with Crippen molar-refractivity contribution in [2.45, 2.75) is 18.9 Å². The summed E-state index contributed by atoms with van der Waals surface area (Å²) in [4.78, 5) is 22.3. The zero-order valence-corrected chi connectivity index (χ0v) is 13.8. The van der Waals surface area contributed by atoms with Crippen LogP contribution in [0, 0.1) is 11.3 Å². The van der Waals surface area contributed by atoms with E-state index in [1.165, 1.54) is 11.3 Å². The smallest absolute Gasteiger partial charge is 0.253 e. The number of amides is 1. The molecule has 0 aromatic carbocycles. The molecule has 0 aliphatic carbocycles. The van der Waals surface area contributed by atoms with Gasteiger partial charge >= 0.3 is 0 Å². The Bertz CT molecular complexity index is 734. The normalized spacial score (nSPS) is 15.2. The van der Waals surface area contributed by atoms with Crippen molar-refractivity contribution in [3.63, 3.8) is 0 Å². The number of carbonyl (C=O) groups excluding carboxylic acids is 1. The SMILES string of the molecule is N#Cc1nc(NC2CCN(C(=O)c3ccncc3)CC2)sc1Cl. The summed E-state index contributed by atoms with van der Waals surface area (Å²) in [5, 5.41) is 12.8. The minimum absolute atomic E-state index is 0.0370. The molecule has 8 heteroatoms. The van der Waals surface area contributed by atoms with Gasteiger partial charge in [-0.25, -0.2) is 4.98 Å². The lowest BCUT2D eigenvalue weighted by Gasteiger charge is -2.32. The molecule has 1 N–H and O–H groups in total. The van der Waals surface area contributed by atoms with Crippen molar-refractivity contribution in [3.8, 4) is 6.07 Å². The van der Waals surface area contributed by atoms with Crippen LogP contribution in [0.5, 0.6) is 0 Å². The summed E-state index contributed by atoms with van der Waals surface area (Å²) >= 11 is 7.20. The maximum absolute atomic E-state index is 12.4. The fraction of sp³-hybridized carbons (Fsp3) is 0.333. The molecule has 1 amide bonds. The zero-order chi connectivity index (χ0) is 16.2. The lowest BCUT2D eigenvalue weighted by molar-refractivity contribution is 0.0718. The molecule has 23 heavy (non-hydrogen) atoms. The number of anilines is 1. The van der Waals surface area contributed by atoms with Crippen LogP contribution in [0.2, 0.25) is 4.34 Å². The molecule has 0 spiro atoms. The first kappa shape index (κ1) is 15.7. The minimum Gasteiger partial charge on any atom is -0.359 e. The van der Waals surface area contributed by atoms with Crippen LogP contribution in [-0.2, 0) is 0 Å². The number of hydrogen-bond donors (Lipinski definition) is 1. The second-order valence-electron chi connectivity index (χ2n) is 5.20. The highest BCUT2D eigenvalue weighted by atomic mass is 35.5. The maximum atomic E-state index is 12.4. The van der Waals surface area contributed by atoms with Gasteiger partial charge in [-0.15, -0.1) is 0 Å². The van der Waals surface area contributed by atoms with Crippen LogP contribution in [0.4, 0.5) is 5.13 Å². The molecule has 2 aromatic heterocycles. The van der Waals surface area contributed by atoms with Crippen molar-refractivity contribution in [2.75, 3.05) is 18.4 Å². The molecule has 0 bridgehead atoms. The van der Waals surface area contributed by atoms with Gasteiger partial charge in [0.1, 0.15) is 10.4 Å². The summed E-state index contributed by atoms with van der Waals surface area (Å²) in [6.07, 6.45) is 4.91. The number of hydrogen-bond acceptors (Lipinski definition) is 6. The first-order chi connectivity index (χ1) is 11.2. The Labute approximate surface area is 142 Å². The van der Waals surface area contributed by atoms with Gasteiger partial charge in [-0.2, -0.15) is 5.26 Å². The lowest BCUT2D eigenvalue weighted by atomic mass is 10.0. The third-order valence-corrected chi connectivity index (χ3v) is 4.91. The fourth-order valence-corrected chi connectivity index (χ4v) is 3.53. The predicted octanol–water partition coefficient (Wildman–Crippen LogP) is 2.78. The van der Waals surface area contributed by atoms with Crippen molar-refractivity contribution in [1.82, 2.24) is 14.9 Å². The van der Waals surface area contributed by atoms with E-state index in [0.717, 1.165) is 12.8 Å². The third-order valence-electron chi connectivity index (χ3n) is 3.73. The minimum atomic E-state index is 0.0370. The lowest BCUT2D eigenvalue weighted by Crippen LogP contribution is -2.42. The van der Waals surface area contributed by atoms with E-state index >= 15 is 0 Å². The number of nitrogens with one attached hydrogen (secondary N) is 1. The molecule has 0 unspecified atom stereocenters. The van der Waals surface area contributed by atoms with Gasteiger partial charge in [0.15, 0.2) is 10.8 Å². The topological polar surface area (TPSA) is 81.9 Å². The highest BCUT2D eigenvalue weighted by Crippen LogP contribution is 2.29. The van der Waals surface area contributed by atoms with Gasteiger partial charge < -0.3 is 10.2 Å². The number of thiazole rings is 1. The van der Waals surface area contributed by atoms with Crippen LogP contribution in [0.3, 0.4) is 0 Å². The second-order valence-corrected chi connectivity index (χ2v) is 6.80. The molecule has 0 saturated carbocycles. The summed E-state index contributed by atoms with van der Waals surface area (Å²) in [5.41, 5.74) is 0.918. The monoisotopic (exact) mass is 347 g/mol. The first-order valence-corrected chi connectivity index (χ1v) is 8.39. The average molecular weight is 348 g/mol. The van der Waals surface area contributed by atoms with Gasteiger partial charge in [-0.05, 0) is 25.0 Å². The summed E-state index contributed by atoms with van der Waals surface area (Å²) in [6.45, 7) is 1.37. The molecule has 2 aromatic rings. The van der Waals surface area contributed by atoms with E-state index in [4.69, 9.17) is 16.9 Å². The molecule has 118 valence electrons. The van der Waals surface area contributed by atoms with E-state index in [1.807, 2.05) is 11.0 Å². The summed E-state index contributed by atoms with van der Waals surface area (Å²) in [6, 6.07) is 5.65. The number of pyridine rings is 1. The van der Waals surface area contributed by atoms with Gasteiger partial charge in [0.05, 0.1) is 0 Å². The molecular weight excluding hydrogens is 334 g/mol. The summed E-state index contributed by atoms with van der Waals surface area (Å²) in [7, 11) is 0. The molecule has 1 aliphatic heterocycles. The molecule has 3 rings (SSSR count). The fourth-order valence-electron chi connectivity index (χ4n) is 2.51. The molecule has 1 saturated heterocycles. The quantitative estimate of drug-likeness (QED) is 0.923. The van der Waals surface area contributed by atoms with E-state index in [-0.39, 0.29) is 17.6 Å². The van der Waals surface area contributed by atoms with E-state index in [0.29, 0.717) is 28.1 Å². The van der Waals surface area contributed by atoms with Crippen LogP contribution in [0.25, 0.3) is 0 Å². The number of nitriles is 1. The largest absolute Gasteiger partial charge is 0.359 e. The van der Waals surface area contributed by atoms with Crippen LogP contribution < -0.4 is 5.32 Å². The van der Waals surface area contributed by atoms with Gasteiger partial charge in [-0.3, -0.25) is 9.78 Å². The van der Waals surface area contributed by atoms with Gasteiger partial charge in [0, 0.05) is 37.1 Å². The van der Waals surface area contributed by atoms with Crippen LogP contribution in [0.15, 0.2) is 24.5 Å². The number of carbonyl (C=O) groups is 1. The average Bonchev–Trinajstić information content (AvgIpc) is 2.95. The molecule has 0 atom stereocenters. The van der Waals surface area contributed by atoms with Crippen molar-refractivity contribution >= 4 is 34.0 Å². The molecule has 6 nitrogen and oxygen atoms in total. The number of halogens is 1. The second kappa shape index (κ2) is 6.94. The van der Waals surface area contributed by atoms with Gasteiger partial charge in [-0.1, -0.05) is 22.9 Å². The van der Waals surface area contributed by atoms with E-state index in [1.54, 1.807) is 24.5 Å². The van der Waals surface area contributed by atoms with Gasteiger partial charge in [0.2, 0.25) is 0 Å². The number of likely N-dealkylation sites (tertiary alicyclic amines) is 1. The van der Waals surface area contributed by atoms with Crippen molar-refractivity contribution in [2.24, 2.45) is 0 Å². The Morgan fingerprint density at radius 1 is 1.39 bits per heavy atom. The Hall–Kier alpha value is -2.17. The van der Waals surface area contributed by atoms with Crippen molar-refractivity contribution < 1.29 is 4.79 Å². The zero-order valence-electron chi connectivity index (χ0n) is 12.2. The van der Waals surface area contributed by atoms with Crippen molar-refractivity contribution in [1.29, 1.82) is 5.26 Å². The maximum Gasteiger partial charge on any atom is 0.253 e. The van der Waals surface area contributed by atoms with E-state index in [2.05, 4.69) is 15.3 Å². The number of aromatic nitrogens is 2. The van der Waals surface area contributed by atoms with Crippen molar-refractivity contribution in [3.05, 3.63) is 40.1 Å². The van der Waals surface area contributed by atoms with Crippen LogP contribution in [0.1, 0.15) is 28.9 Å². The van der Waals surface area contributed by atoms with E-state index in [9.17, 15) is 4.79 Å². The number of piperidine rings is 1. The summed E-state index contributed by atoms with van der Waals surface area (Å²) in [5.74, 6) is 0.0370. The highest BCUT2D eigenvalue weighted by Gasteiger charge is 2.24. The Morgan fingerprint density at radius 2 is 2.09 bits per heavy atom. The van der Waals surface area contributed by atoms with Gasteiger partial charge in [0.25, 0.3) is 5.91 Å². The number of rotatable bonds is 3. The Morgan fingerprint density at radius 3 is 2.70 bits per heavy atom. The Balaban J connectivity index is 1.56. The molecule has 1 aliphatic rings. The third kappa shape index (κ3) is 3.60.